The summed E-state index contributed by atoms with van der Waals surface area (Å²) < 4.78 is 0. The summed E-state index contributed by atoms with van der Waals surface area (Å²) in [7, 11) is 0. The SMILES string of the molecule is [CH2]C(S)CCC(O)O.[Hg]. The Morgan fingerprint density at radius 3 is 1.89 bits per heavy atom. The summed E-state index contributed by atoms with van der Waals surface area (Å²) >= 11 is 3.94. The first-order valence-corrected chi connectivity index (χ1v) is 3.02. The zero-order chi connectivity index (χ0) is 6.57. The molecule has 0 aromatic rings. The predicted octanol–water partition coefficient (Wildman–Crippen LogP) is 0.207. The Bertz CT molecular complexity index is 50.9. The third-order valence-electron chi connectivity index (χ3n) is 0.758. The molecule has 0 fully saturated rings. The topological polar surface area (TPSA) is 40.5 Å². The second-order valence-corrected chi connectivity index (χ2v) is 2.44. The van der Waals surface area contributed by atoms with Gasteiger partial charge in [0.1, 0.15) is 0 Å². The predicted molar refractivity (Wildman–Crippen MR) is 35.6 cm³/mol. The van der Waals surface area contributed by atoms with Crippen molar-refractivity contribution < 1.29 is 37.9 Å². The Morgan fingerprint density at radius 1 is 1.33 bits per heavy atom. The molecule has 1 unspecified atom stereocenters. The van der Waals surface area contributed by atoms with Gasteiger partial charge in [-0.2, -0.15) is 12.6 Å². The maximum Gasteiger partial charge on any atom is 0.151 e. The van der Waals surface area contributed by atoms with Crippen LogP contribution in [-0.2, 0) is 27.7 Å². The van der Waals surface area contributed by atoms with E-state index in [1.807, 2.05) is 0 Å². The van der Waals surface area contributed by atoms with E-state index in [1.165, 1.54) is 0 Å². The van der Waals surface area contributed by atoms with E-state index in [4.69, 9.17) is 10.2 Å². The van der Waals surface area contributed by atoms with Crippen molar-refractivity contribution in [1.82, 2.24) is 0 Å². The van der Waals surface area contributed by atoms with E-state index in [2.05, 4.69) is 19.6 Å². The van der Waals surface area contributed by atoms with Crippen molar-refractivity contribution in [3.63, 3.8) is 0 Å². The van der Waals surface area contributed by atoms with Crippen molar-refractivity contribution in [2.45, 2.75) is 24.4 Å². The minimum atomic E-state index is -1.20. The van der Waals surface area contributed by atoms with Gasteiger partial charge >= 0.3 is 0 Å². The van der Waals surface area contributed by atoms with Crippen LogP contribution >= 0.6 is 12.6 Å². The number of aliphatic hydroxyl groups is 2. The Morgan fingerprint density at radius 2 is 1.78 bits per heavy atom. The second-order valence-electron chi connectivity index (χ2n) is 1.71. The first-order chi connectivity index (χ1) is 3.63. The maximum absolute atomic E-state index is 8.30. The molecule has 0 rings (SSSR count). The van der Waals surface area contributed by atoms with Crippen LogP contribution < -0.4 is 0 Å². The summed E-state index contributed by atoms with van der Waals surface area (Å²) in [5.74, 6) is 0. The molecule has 0 aliphatic heterocycles. The maximum atomic E-state index is 8.30. The van der Waals surface area contributed by atoms with Gasteiger partial charge in [0.15, 0.2) is 6.29 Å². The summed E-state index contributed by atoms with van der Waals surface area (Å²) in [5.41, 5.74) is 0. The molecule has 1 atom stereocenters. The molecule has 0 amide bonds. The van der Waals surface area contributed by atoms with Crippen LogP contribution in [0, 0.1) is 6.92 Å². The number of thiol groups is 1. The number of hydrogen-bond acceptors (Lipinski definition) is 3. The van der Waals surface area contributed by atoms with E-state index in [9.17, 15) is 0 Å². The molecule has 0 aliphatic rings. The average Bonchev–Trinajstić information content (AvgIpc) is 1.61. The van der Waals surface area contributed by atoms with Crippen molar-refractivity contribution >= 4 is 12.6 Å². The van der Waals surface area contributed by atoms with E-state index in [1.54, 1.807) is 0 Å². The fraction of sp³-hybridized carbons (Fsp3) is 0.800. The minimum Gasteiger partial charge on any atom is -0.368 e. The molecule has 0 aromatic heterocycles. The summed E-state index contributed by atoms with van der Waals surface area (Å²) in [5, 5.41) is 16.6. The average molecular weight is 336 g/mol. The van der Waals surface area contributed by atoms with Gasteiger partial charge in [-0.15, -0.1) is 0 Å². The van der Waals surface area contributed by atoms with Gasteiger partial charge in [0.2, 0.25) is 0 Å². The molecule has 9 heavy (non-hydrogen) atoms. The van der Waals surface area contributed by atoms with Gasteiger partial charge in [0.25, 0.3) is 0 Å². The van der Waals surface area contributed by atoms with Crippen LogP contribution in [0.4, 0.5) is 0 Å². The standard InChI is InChI=1S/C5H11O2S.Hg/c1-4(8)2-3-5(6)7;/h4-8H,1-3H2;. The van der Waals surface area contributed by atoms with Crippen molar-refractivity contribution in [2.75, 3.05) is 0 Å². The minimum absolute atomic E-state index is 0. The van der Waals surface area contributed by atoms with Crippen molar-refractivity contribution in [1.29, 1.82) is 0 Å². The summed E-state index contributed by atoms with van der Waals surface area (Å²) in [6.45, 7) is 3.55. The van der Waals surface area contributed by atoms with Crippen LogP contribution in [0.2, 0.25) is 0 Å². The second kappa shape index (κ2) is 7.31. The number of rotatable bonds is 3. The fourth-order valence-corrected chi connectivity index (χ4v) is 0.491. The van der Waals surface area contributed by atoms with Gasteiger partial charge in [-0.25, -0.2) is 0 Å². The van der Waals surface area contributed by atoms with E-state index in [0.29, 0.717) is 12.8 Å². The molecule has 0 heterocycles. The van der Waals surface area contributed by atoms with Crippen LogP contribution in [0.25, 0.3) is 0 Å². The zero-order valence-electron chi connectivity index (χ0n) is 5.32. The van der Waals surface area contributed by atoms with Gasteiger partial charge in [-0.1, -0.05) is 0 Å². The largest absolute Gasteiger partial charge is 0.368 e. The molecule has 0 aromatic carbocycles. The zero-order valence-corrected chi connectivity index (χ0v) is 11.7. The first-order valence-electron chi connectivity index (χ1n) is 2.50. The number of aliphatic hydroxyl groups excluding tert-OH is 1. The first kappa shape index (κ1) is 12.8. The molecule has 2 N–H and O–H groups in total. The van der Waals surface area contributed by atoms with E-state index < -0.39 is 6.29 Å². The van der Waals surface area contributed by atoms with Crippen molar-refractivity contribution in [2.24, 2.45) is 0 Å². The monoisotopic (exact) mass is 337 g/mol. The van der Waals surface area contributed by atoms with Crippen LogP contribution in [0.5, 0.6) is 0 Å². The molecule has 0 aliphatic carbocycles. The van der Waals surface area contributed by atoms with Crippen LogP contribution in [0.15, 0.2) is 0 Å². The quantitative estimate of drug-likeness (QED) is 0.392. The Labute approximate surface area is 81.6 Å². The van der Waals surface area contributed by atoms with Gasteiger partial charge < -0.3 is 10.2 Å². The molecule has 1 radical (unpaired) electrons. The Kier molecular flexibility index (Phi) is 10.4. The molecule has 2 nitrogen and oxygen atoms in total. The molecule has 0 spiro atoms. The van der Waals surface area contributed by atoms with Crippen LogP contribution in [0.3, 0.4) is 0 Å². The van der Waals surface area contributed by atoms with Crippen molar-refractivity contribution in [3.8, 4) is 0 Å². The Balaban J connectivity index is 0. The fourth-order valence-electron chi connectivity index (χ4n) is 0.341. The van der Waals surface area contributed by atoms with E-state index in [-0.39, 0.29) is 32.9 Å². The number of hydrogen-bond donors (Lipinski definition) is 3. The van der Waals surface area contributed by atoms with Gasteiger partial charge in [-0.05, 0) is 19.8 Å². The molecule has 0 bridgehead atoms. The molecule has 4 heteroatoms. The molecular weight excluding hydrogens is 325 g/mol. The molecule has 51 valence electrons. The van der Waals surface area contributed by atoms with Crippen molar-refractivity contribution in [3.05, 3.63) is 6.92 Å². The third kappa shape index (κ3) is 12.4. The van der Waals surface area contributed by atoms with E-state index >= 15 is 0 Å². The summed E-state index contributed by atoms with van der Waals surface area (Å²) in [4.78, 5) is 0. The smallest absolute Gasteiger partial charge is 0.151 e. The molecule has 0 saturated carbocycles. The van der Waals surface area contributed by atoms with Crippen LogP contribution in [0.1, 0.15) is 12.8 Å². The summed E-state index contributed by atoms with van der Waals surface area (Å²) in [6.07, 6.45) is -0.204. The van der Waals surface area contributed by atoms with Gasteiger partial charge in [0.05, 0.1) is 0 Å². The Hall–Kier alpha value is 1.21. The normalized spacial score (nSPS) is 13.0. The molecule has 0 saturated heterocycles. The van der Waals surface area contributed by atoms with Gasteiger partial charge in [-0.3, -0.25) is 0 Å². The van der Waals surface area contributed by atoms with Gasteiger partial charge in [0, 0.05) is 32.9 Å². The van der Waals surface area contributed by atoms with E-state index in [0.717, 1.165) is 0 Å². The molecular formula is C5H11HgO2S. The van der Waals surface area contributed by atoms with Crippen LogP contribution in [-0.4, -0.2) is 21.8 Å². The third-order valence-corrected chi connectivity index (χ3v) is 1.02. The summed E-state index contributed by atoms with van der Waals surface area (Å²) in [6, 6.07) is 0.